The Labute approximate surface area is 161 Å². The van der Waals surface area contributed by atoms with Gasteiger partial charge in [-0.15, -0.1) is 0 Å². The lowest BCUT2D eigenvalue weighted by Gasteiger charge is -2.17. The van der Waals surface area contributed by atoms with Crippen LogP contribution in [-0.4, -0.2) is 23.7 Å². The molecule has 0 aromatic rings. The molecule has 0 aromatic carbocycles. The van der Waals surface area contributed by atoms with Crippen LogP contribution in [-0.2, 0) is 14.3 Å². The summed E-state index contributed by atoms with van der Waals surface area (Å²) in [5.74, 6) is -0.484. The van der Waals surface area contributed by atoms with E-state index in [0.717, 1.165) is 12.8 Å². The zero-order valence-corrected chi connectivity index (χ0v) is 17.3. The van der Waals surface area contributed by atoms with Crippen LogP contribution in [0.2, 0.25) is 0 Å². The molecule has 0 aromatic heterocycles. The number of esters is 1. The molecule has 4 nitrogen and oxygen atoms in total. The van der Waals surface area contributed by atoms with Gasteiger partial charge in [0, 0.05) is 12.8 Å². The molecule has 1 unspecified atom stereocenters. The first kappa shape index (κ1) is 24.9. The Morgan fingerprint density at radius 2 is 1.23 bits per heavy atom. The highest BCUT2D eigenvalue weighted by Gasteiger charge is 2.12. The second-order valence-electron chi connectivity index (χ2n) is 7.56. The van der Waals surface area contributed by atoms with Crippen LogP contribution in [0.4, 0.5) is 0 Å². The molecule has 0 saturated heterocycles. The van der Waals surface area contributed by atoms with Crippen molar-refractivity contribution < 1.29 is 19.4 Å². The Balaban J connectivity index is 3.96. The molecule has 1 atom stereocenters. The number of unbranched alkanes of at least 4 members (excludes halogenated alkanes) is 9. The van der Waals surface area contributed by atoms with Gasteiger partial charge in [-0.1, -0.05) is 78.1 Å². The Morgan fingerprint density at radius 1 is 0.731 bits per heavy atom. The van der Waals surface area contributed by atoms with E-state index in [1.54, 1.807) is 0 Å². The number of carbonyl (C=O) groups excluding carboxylic acids is 1. The summed E-state index contributed by atoms with van der Waals surface area (Å²) < 4.78 is 5.48. The summed E-state index contributed by atoms with van der Waals surface area (Å²) in [6.45, 7) is 5.00. The molecule has 0 aliphatic heterocycles. The lowest BCUT2D eigenvalue weighted by molar-refractivity contribution is -0.145. The number of carbonyl (C=O) groups is 2. The number of hydrogen-bond donors (Lipinski definition) is 1. The van der Waals surface area contributed by atoms with E-state index >= 15 is 0 Å². The van der Waals surface area contributed by atoms with E-state index in [1.807, 2.05) is 0 Å². The van der Waals surface area contributed by atoms with Gasteiger partial charge in [0.2, 0.25) is 0 Å². The van der Waals surface area contributed by atoms with Gasteiger partial charge in [-0.2, -0.15) is 0 Å². The third-order valence-electron chi connectivity index (χ3n) is 4.93. The molecule has 0 heterocycles. The SMILES string of the molecule is CCCCCCCCC(CCCCCC)COC(=O)CCCCC(=O)O. The molecule has 0 radical (unpaired) electrons. The maximum atomic E-state index is 11.8. The van der Waals surface area contributed by atoms with Crippen molar-refractivity contribution in [3.05, 3.63) is 0 Å². The van der Waals surface area contributed by atoms with Gasteiger partial charge in [0.25, 0.3) is 0 Å². The van der Waals surface area contributed by atoms with Gasteiger partial charge in [-0.05, 0) is 31.6 Å². The smallest absolute Gasteiger partial charge is 0.305 e. The van der Waals surface area contributed by atoms with E-state index in [0.29, 0.717) is 31.8 Å². The van der Waals surface area contributed by atoms with Gasteiger partial charge in [-0.3, -0.25) is 9.59 Å². The molecule has 0 fully saturated rings. The molecule has 0 saturated carbocycles. The molecule has 0 bridgehead atoms. The van der Waals surface area contributed by atoms with Crippen molar-refractivity contribution in [2.75, 3.05) is 6.61 Å². The first-order valence-electron chi connectivity index (χ1n) is 11.0. The summed E-state index contributed by atoms with van der Waals surface area (Å²) >= 11 is 0. The fourth-order valence-electron chi connectivity index (χ4n) is 3.21. The average molecular weight is 371 g/mol. The Kier molecular flexibility index (Phi) is 18.0. The van der Waals surface area contributed by atoms with Gasteiger partial charge in [0.1, 0.15) is 0 Å². The molecule has 4 heteroatoms. The van der Waals surface area contributed by atoms with Crippen LogP contribution in [0.25, 0.3) is 0 Å². The van der Waals surface area contributed by atoms with Crippen LogP contribution >= 0.6 is 0 Å². The lowest BCUT2D eigenvalue weighted by Crippen LogP contribution is -2.14. The van der Waals surface area contributed by atoms with Gasteiger partial charge >= 0.3 is 11.9 Å². The van der Waals surface area contributed by atoms with Crippen LogP contribution in [0.15, 0.2) is 0 Å². The van der Waals surface area contributed by atoms with E-state index in [-0.39, 0.29) is 12.4 Å². The third-order valence-corrected chi connectivity index (χ3v) is 4.93. The van der Waals surface area contributed by atoms with Crippen molar-refractivity contribution in [3.8, 4) is 0 Å². The van der Waals surface area contributed by atoms with Crippen molar-refractivity contribution in [3.63, 3.8) is 0 Å². The van der Waals surface area contributed by atoms with Crippen molar-refractivity contribution in [1.29, 1.82) is 0 Å². The highest BCUT2D eigenvalue weighted by atomic mass is 16.5. The second kappa shape index (κ2) is 18.7. The van der Waals surface area contributed by atoms with Crippen molar-refractivity contribution in [2.24, 2.45) is 5.92 Å². The zero-order valence-electron chi connectivity index (χ0n) is 17.3. The number of rotatable bonds is 19. The predicted molar refractivity (Wildman–Crippen MR) is 107 cm³/mol. The molecule has 0 rings (SSSR count). The monoisotopic (exact) mass is 370 g/mol. The summed E-state index contributed by atoms with van der Waals surface area (Å²) in [5, 5.41) is 8.61. The molecule has 1 N–H and O–H groups in total. The maximum Gasteiger partial charge on any atom is 0.305 e. The molecular weight excluding hydrogens is 328 g/mol. The standard InChI is InChI=1S/C22H42O4/c1-3-5-7-9-10-12-16-20(15-11-8-6-4-2)19-26-22(25)18-14-13-17-21(23)24/h20H,3-19H2,1-2H3,(H,23,24). The van der Waals surface area contributed by atoms with Crippen LogP contribution in [0.5, 0.6) is 0 Å². The van der Waals surface area contributed by atoms with Gasteiger partial charge in [0.05, 0.1) is 6.61 Å². The number of carboxylic acids is 1. The number of aliphatic carboxylic acids is 1. The molecule has 26 heavy (non-hydrogen) atoms. The van der Waals surface area contributed by atoms with Crippen molar-refractivity contribution in [1.82, 2.24) is 0 Å². The lowest BCUT2D eigenvalue weighted by atomic mass is 9.95. The highest BCUT2D eigenvalue weighted by molar-refractivity contribution is 5.69. The van der Waals surface area contributed by atoms with Crippen molar-refractivity contribution >= 4 is 11.9 Å². The number of carboxylic acid groups (broad SMARTS) is 1. The Bertz CT molecular complexity index is 341. The minimum absolute atomic E-state index is 0.130. The maximum absolute atomic E-state index is 11.8. The van der Waals surface area contributed by atoms with Crippen molar-refractivity contribution in [2.45, 2.75) is 117 Å². The molecule has 0 spiro atoms. The van der Waals surface area contributed by atoms with Crippen LogP contribution in [0.1, 0.15) is 117 Å². The summed E-state index contributed by atoms with van der Waals surface area (Å²) in [6.07, 6.45) is 16.7. The summed E-state index contributed by atoms with van der Waals surface area (Å²) in [6, 6.07) is 0. The van der Waals surface area contributed by atoms with Crippen LogP contribution in [0, 0.1) is 5.92 Å². The molecule has 0 amide bonds. The van der Waals surface area contributed by atoms with Gasteiger partial charge in [0.15, 0.2) is 0 Å². The highest BCUT2D eigenvalue weighted by Crippen LogP contribution is 2.19. The first-order chi connectivity index (χ1) is 12.6. The summed E-state index contributed by atoms with van der Waals surface area (Å²) in [4.78, 5) is 22.3. The molecule has 0 aliphatic carbocycles. The minimum atomic E-state index is -0.801. The molecule has 0 aliphatic rings. The molecular formula is C22H42O4. The fourth-order valence-corrected chi connectivity index (χ4v) is 3.21. The quantitative estimate of drug-likeness (QED) is 0.208. The summed E-state index contributed by atoms with van der Waals surface area (Å²) in [7, 11) is 0. The number of ether oxygens (including phenoxy) is 1. The largest absolute Gasteiger partial charge is 0.481 e. The first-order valence-corrected chi connectivity index (χ1v) is 11.0. The minimum Gasteiger partial charge on any atom is -0.481 e. The van der Waals surface area contributed by atoms with Crippen LogP contribution < -0.4 is 0 Å². The van der Waals surface area contributed by atoms with Gasteiger partial charge in [-0.25, -0.2) is 0 Å². The normalized spacial score (nSPS) is 12.1. The third kappa shape index (κ3) is 17.8. The predicted octanol–water partition coefficient (Wildman–Crippen LogP) is 6.51. The fraction of sp³-hybridized carbons (Fsp3) is 0.909. The zero-order chi connectivity index (χ0) is 19.5. The molecule has 154 valence electrons. The Morgan fingerprint density at radius 3 is 1.81 bits per heavy atom. The average Bonchev–Trinajstić information content (AvgIpc) is 2.62. The van der Waals surface area contributed by atoms with E-state index in [9.17, 15) is 9.59 Å². The van der Waals surface area contributed by atoms with E-state index in [4.69, 9.17) is 9.84 Å². The summed E-state index contributed by atoms with van der Waals surface area (Å²) in [5.41, 5.74) is 0. The number of hydrogen-bond acceptors (Lipinski definition) is 3. The van der Waals surface area contributed by atoms with E-state index in [2.05, 4.69) is 13.8 Å². The van der Waals surface area contributed by atoms with E-state index in [1.165, 1.54) is 64.2 Å². The van der Waals surface area contributed by atoms with E-state index < -0.39 is 5.97 Å². The Hall–Kier alpha value is -1.06. The topological polar surface area (TPSA) is 63.6 Å². The van der Waals surface area contributed by atoms with Crippen LogP contribution in [0.3, 0.4) is 0 Å². The second-order valence-corrected chi connectivity index (χ2v) is 7.56. The van der Waals surface area contributed by atoms with Gasteiger partial charge < -0.3 is 9.84 Å².